The van der Waals surface area contributed by atoms with Crippen LogP contribution in [-0.4, -0.2) is 10.9 Å². The van der Waals surface area contributed by atoms with E-state index in [4.69, 9.17) is 5.73 Å². The summed E-state index contributed by atoms with van der Waals surface area (Å²) >= 11 is 1.68. The van der Waals surface area contributed by atoms with Gasteiger partial charge in [-0.2, -0.15) is 0 Å². The first-order valence-corrected chi connectivity index (χ1v) is 8.05. The van der Waals surface area contributed by atoms with Gasteiger partial charge in [0.05, 0.1) is 17.2 Å². The Hall–Kier alpha value is -1.88. The van der Waals surface area contributed by atoms with E-state index in [1.165, 1.54) is 35.3 Å². The Morgan fingerprint density at radius 3 is 2.90 bits per heavy atom. The van der Waals surface area contributed by atoms with E-state index in [1.807, 2.05) is 13.8 Å². The number of nitrogens with two attached hydrogens (primary N) is 1. The molecule has 3 rings (SSSR count). The molecule has 4 nitrogen and oxygen atoms in total. The highest BCUT2D eigenvalue weighted by molar-refractivity contribution is 7.11. The maximum Gasteiger partial charge on any atom is 0.193 e. The van der Waals surface area contributed by atoms with Crippen LogP contribution in [0.1, 0.15) is 33.1 Å². The number of aromatic nitrogens is 1. The van der Waals surface area contributed by atoms with Crippen molar-refractivity contribution in [2.75, 3.05) is 5.32 Å². The topological polar surface area (TPSA) is 63.3 Å². The maximum atomic E-state index is 5.98. The highest BCUT2D eigenvalue weighted by Crippen LogP contribution is 2.24. The van der Waals surface area contributed by atoms with E-state index in [0.29, 0.717) is 12.5 Å². The van der Waals surface area contributed by atoms with Crippen molar-refractivity contribution < 1.29 is 0 Å². The number of rotatable bonds is 3. The van der Waals surface area contributed by atoms with Crippen LogP contribution in [0.5, 0.6) is 0 Å². The molecule has 0 saturated carbocycles. The van der Waals surface area contributed by atoms with Crippen LogP contribution < -0.4 is 11.1 Å². The number of aliphatic imine (C=N–C) groups is 1. The Bertz CT molecular complexity index is 688. The lowest BCUT2D eigenvalue weighted by atomic mass is 10.1. The summed E-state index contributed by atoms with van der Waals surface area (Å²) in [7, 11) is 0. The fourth-order valence-electron chi connectivity index (χ4n) is 2.71. The third kappa shape index (κ3) is 3.24. The van der Waals surface area contributed by atoms with Crippen LogP contribution in [0, 0.1) is 13.8 Å². The van der Waals surface area contributed by atoms with Gasteiger partial charge in [0, 0.05) is 10.6 Å². The fraction of sp³-hybridized carbons (Fsp3) is 0.375. The van der Waals surface area contributed by atoms with Gasteiger partial charge in [-0.1, -0.05) is 6.07 Å². The number of hydrogen-bond donors (Lipinski definition) is 2. The van der Waals surface area contributed by atoms with Crippen LogP contribution in [-0.2, 0) is 19.4 Å². The molecule has 5 heteroatoms. The maximum absolute atomic E-state index is 5.98. The molecule has 0 aliphatic heterocycles. The molecule has 0 amide bonds. The van der Waals surface area contributed by atoms with Crippen molar-refractivity contribution in [3.63, 3.8) is 0 Å². The second-order valence-corrected chi connectivity index (χ2v) is 6.69. The monoisotopic (exact) mass is 300 g/mol. The van der Waals surface area contributed by atoms with Crippen LogP contribution in [0.2, 0.25) is 0 Å². The second-order valence-electron chi connectivity index (χ2n) is 5.40. The normalized spacial score (nSPS) is 14.3. The van der Waals surface area contributed by atoms with Crippen molar-refractivity contribution in [2.24, 2.45) is 10.7 Å². The molecular weight excluding hydrogens is 280 g/mol. The van der Waals surface area contributed by atoms with E-state index in [2.05, 4.69) is 33.5 Å². The van der Waals surface area contributed by atoms with Crippen molar-refractivity contribution in [1.29, 1.82) is 0 Å². The van der Waals surface area contributed by atoms with E-state index in [-0.39, 0.29) is 0 Å². The minimum atomic E-state index is 0.457. The zero-order valence-corrected chi connectivity index (χ0v) is 13.3. The first kappa shape index (κ1) is 14.1. The average Bonchev–Trinajstić information content (AvgIpc) is 3.02. The molecule has 1 aliphatic rings. The van der Waals surface area contributed by atoms with Crippen molar-refractivity contribution in [3.8, 4) is 0 Å². The molecule has 0 unspecified atom stereocenters. The Balaban J connectivity index is 1.67. The number of nitrogens with one attached hydrogen (secondary N) is 1. The molecule has 0 atom stereocenters. The predicted octanol–water partition coefficient (Wildman–Crippen LogP) is 3.18. The lowest BCUT2D eigenvalue weighted by molar-refractivity contribution is 0.912. The third-order valence-corrected chi connectivity index (χ3v) is 4.82. The molecule has 0 radical (unpaired) electrons. The van der Waals surface area contributed by atoms with E-state index in [0.717, 1.165) is 16.4 Å². The number of hydrogen-bond acceptors (Lipinski definition) is 3. The number of guanidine groups is 1. The second kappa shape index (κ2) is 5.85. The molecule has 0 bridgehead atoms. The summed E-state index contributed by atoms with van der Waals surface area (Å²) in [5.74, 6) is 0.457. The summed E-state index contributed by atoms with van der Waals surface area (Å²) in [5.41, 5.74) is 10.9. The van der Waals surface area contributed by atoms with Crippen LogP contribution in [0.3, 0.4) is 0 Å². The van der Waals surface area contributed by atoms with Crippen LogP contribution in [0.25, 0.3) is 0 Å². The number of anilines is 1. The van der Waals surface area contributed by atoms with E-state index in [9.17, 15) is 0 Å². The molecular formula is C16H20N4S. The van der Waals surface area contributed by atoms with Gasteiger partial charge in [-0.05, 0) is 56.4 Å². The highest BCUT2D eigenvalue weighted by atomic mass is 32.1. The minimum Gasteiger partial charge on any atom is -0.370 e. The van der Waals surface area contributed by atoms with Gasteiger partial charge < -0.3 is 11.1 Å². The summed E-state index contributed by atoms with van der Waals surface area (Å²) in [6.07, 6.45) is 3.62. The van der Waals surface area contributed by atoms with Gasteiger partial charge >= 0.3 is 0 Å². The minimum absolute atomic E-state index is 0.457. The molecule has 110 valence electrons. The lowest BCUT2D eigenvalue weighted by Gasteiger charge is -2.07. The van der Waals surface area contributed by atoms with Gasteiger partial charge in [-0.3, -0.25) is 0 Å². The van der Waals surface area contributed by atoms with Gasteiger partial charge in [-0.15, -0.1) is 11.3 Å². The van der Waals surface area contributed by atoms with E-state index < -0.39 is 0 Å². The SMILES string of the molecule is Cc1nc(C)c(CN=C(N)Nc2ccc3c(c2)CCC3)s1. The Morgan fingerprint density at radius 2 is 2.14 bits per heavy atom. The quantitative estimate of drug-likeness (QED) is 0.676. The molecule has 1 aliphatic carbocycles. The van der Waals surface area contributed by atoms with Gasteiger partial charge in [0.25, 0.3) is 0 Å². The van der Waals surface area contributed by atoms with Crippen LogP contribution in [0.4, 0.5) is 5.69 Å². The molecule has 3 N–H and O–H groups in total. The van der Waals surface area contributed by atoms with E-state index in [1.54, 1.807) is 11.3 Å². The summed E-state index contributed by atoms with van der Waals surface area (Å²) in [4.78, 5) is 9.98. The number of nitrogens with zero attached hydrogens (tertiary/aromatic N) is 2. The first-order chi connectivity index (χ1) is 10.1. The van der Waals surface area contributed by atoms with Crippen LogP contribution in [0.15, 0.2) is 23.2 Å². The number of benzene rings is 1. The van der Waals surface area contributed by atoms with Gasteiger partial charge in [0.15, 0.2) is 5.96 Å². The Morgan fingerprint density at radius 1 is 1.33 bits per heavy atom. The summed E-state index contributed by atoms with van der Waals surface area (Å²) in [6.45, 7) is 4.61. The standard InChI is InChI=1S/C16H20N4S/c1-10-15(21-11(2)19-10)9-18-16(17)20-14-7-6-12-4-3-5-13(12)8-14/h6-8H,3-5,9H2,1-2H3,(H3,17,18,20). The largest absolute Gasteiger partial charge is 0.370 e. The number of thiazole rings is 1. The van der Waals surface area contributed by atoms with Gasteiger partial charge in [0.2, 0.25) is 0 Å². The average molecular weight is 300 g/mol. The fourth-order valence-corrected chi connectivity index (χ4v) is 3.58. The predicted molar refractivity (Wildman–Crippen MR) is 89.0 cm³/mol. The number of aryl methyl sites for hydroxylation is 4. The molecule has 2 aromatic rings. The summed E-state index contributed by atoms with van der Waals surface area (Å²) in [5, 5.41) is 4.25. The zero-order valence-electron chi connectivity index (χ0n) is 12.4. The first-order valence-electron chi connectivity index (χ1n) is 7.23. The number of fused-ring (bicyclic) bond motifs is 1. The van der Waals surface area contributed by atoms with Gasteiger partial charge in [0.1, 0.15) is 0 Å². The van der Waals surface area contributed by atoms with Crippen molar-refractivity contribution in [1.82, 2.24) is 4.98 Å². The summed E-state index contributed by atoms with van der Waals surface area (Å²) < 4.78 is 0. The smallest absolute Gasteiger partial charge is 0.193 e. The molecule has 1 heterocycles. The molecule has 1 aromatic carbocycles. The summed E-state index contributed by atoms with van der Waals surface area (Å²) in [6, 6.07) is 6.45. The van der Waals surface area contributed by atoms with Gasteiger partial charge in [-0.25, -0.2) is 9.98 Å². The molecule has 0 saturated heterocycles. The van der Waals surface area contributed by atoms with Crippen LogP contribution >= 0.6 is 11.3 Å². The zero-order chi connectivity index (χ0) is 14.8. The Kier molecular flexibility index (Phi) is 3.92. The molecule has 21 heavy (non-hydrogen) atoms. The molecule has 0 fully saturated rings. The third-order valence-electron chi connectivity index (χ3n) is 3.76. The lowest BCUT2D eigenvalue weighted by Crippen LogP contribution is -2.22. The van der Waals surface area contributed by atoms with Crippen molar-refractivity contribution >= 4 is 23.0 Å². The Labute approximate surface area is 129 Å². The van der Waals surface area contributed by atoms with E-state index >= 15 is 0 Å². The van der Waals surface area contributed by atoms with Crippen molar-refractivity contribution in [2.45, 2.75) is 39.7 Å². The molecule has 0 spiro atoms. The molecule has 1 aromatic heterocycles. The van der Waals surface area contributed by atoms with Crippen molar-refractivity contribution in [3.05, 3.63) is 44.9 Å². The highest BCUT2D eigenvalue weighted by Gasteiger charge is 2.11.